The van der Waals surface area contributed by atoms with E-state index in [0.29, 0.717) is 0 Å². The van der Waals surface area contributed by atoms with Gasteiger partial charge in [-0.1, -0.05) is 26.2 Å². The first-order chi connectivity index (χ1) is 7.85. The van der Waals surface area contributed by atoms with Crippen molar-refractivity contribution in [3.63, 3.8) is 0 Å². The fourth-order valence-electron chi connectivity index (χ4n) is 1.33. The van der Waals surface area contributed by atoms with E-state index in [-0.39, 0.29) is 12.6 Å². The summed E-state index contributed by atoms with van der Waals surface area (Å²) < 4.78 is 35.4. The fraction of sp³-hybridized carbons (Fsp3) is 0.909. The lowest BCUT2D eigenvalue weighted by molar-refractivity contribution is -0.137. The Labute approximate surface area is 100 Å². The minimum atomic E-state index is -4.34. The van der Waals surface area contributed by atoms with E-state index < -0.39 is 18.6 Å². The van der Waals surface area contributed by atoms with E-state index in [1.54, 1.807) is 0 Å². The van der Waals surface area contributed by atoms with Crippen molar-refractivity contribution in [3.8, 4) is 0 Å². The number of hydrogen-bond donors (Lipinski definition) is 2. The van der Waals surface area contributed by atoms with Crippen LogP contribution in [0.2, 0.25) is 0 Å². The molecule has 0 saturated heterocycles. The van der Waals surface area contributed by atoms with Crippen molar-refractivity contribution in [2.45, 2.75) is 51.7 Å². The van der Waals surface area contributed by atoms with Crippen LogP contribution in [0.15, 0.2) is 0 Å². The molecule has 0 spiro atoms. The molecular weight excluding hydrogens is 233 g/mol. The van der Waals surface area contributed by atoms with E-state index in [9.17, 15) is 18.0 Å². The van der Waals surface area contributed by atoms with Crippen LogP contribution in [-0.4, -0.2) is 31.2 Å². The lowest BCUT2D eigenvalue weighted by atomic mass is 10.1. The van der Waals surface area contributed by atoms with Crippen LogP contribution in [0, 0.1) is 0 Å². The zero-order valence-corrected chi connectivity index (χ0v) is 10.4. The van der Waals surface area contributed by atoms with Crippen LogP contribution in [0.5, 0.6) is 0 Å². The lowest BCUT2D eigenvalue weighted by Crippen LogP contribution is -2.41. The maximum atomic E-state index is 11.8. The monoisotopic (exact) mass is 254 g/mol. The van der Waals surface area contributed by atoms with Gasteiger partial charge in [-0.05, 0) is 13.3 Å². The first-order valence-corrected chi connectivity index (χ1v) is 5.92. The normalized spacial score (nSPS) is 13.5. The highest BCUT2D eigenvalue weighted by molar-refractivity contribution is 5.78. The van der Waals surface area contributed by atoms with Crippen LogP contribution in [0.4, 0.5) is 13.2 Å². The van der Waals surface area contributed by atoms with Gasteiger partial charge in [0.15, 0.2) is 0 Å². The van der Waals surface area contributed by atoms with Gasteiger partial charge in [0.25, 0.3) is 0 Å². The van der Waals surface area contributed by atoms with Gasteiger partial charge < -0.3 is 10.6 Å². The van der Waals surface area contributed by atoms with E-state index in [1.165, 1.54) is 0 Å². The van der Waals surface area contributed by atoms with Crippen LogP contribution in [0.25, 0.3) is 0 Å². The minimum Gasteiger partial charge on any atom is -0.346 e. The van der Waals surface area contributed by atoms with Crippen LogP contribution in [-0.2, 0) is 4.79 Å². The molecule has 0 aliphatic rings. The molecule has 17 heavy (non-hydrogen) atoms. The number of rotatable bonds is 8. The van der Waals surface area contributed by atoms with Crippen molar-refractivity contribution in [2.24, 2.45) is 0 Å². The van der Waals surface area contributed by atoms with E-state index in [2.05, 4.69) is 12.2 Å². The lowest BCUT2D eigenvalue weighted by Gasteiger charge is -2.14. The third kappa shape index (κ3) is 11.5. The molecule has 0 rings (SSSR count). The second-order valence-corrected chi connectivity index (χ2v) is 4.17. The SMILES string of the molecule is CCCCCC(C)NCC(=O)NCC(F)(F)F. The van der Waals surface area contributed by atoms with Gasteiger partial charge in [-0.2, -0.15) is 13.2 Å². The topological polar surface area (TPSA) is 41.1 Å². The number of halogens is 3. The largest absolute Gasteiger partial charge is 0.405 e. The van der Waals surface area contributed by atoms with Gasteiger partial charge in [-0.3, -0.25) is 4.79 Å². The number of carbonyl (C=O) groups excluding carboxylic acids is 1. The molecule has 0 heterocycles. The summed E-state index contributed by atoms with van der Waals surface area (Å²) in [5.41, 5.74) is 0. The molecule has 0 radical (unpaired) electrons. The van der Waals surface area contributed by atoms with Gasteiger partial charge in [0.1, 0.15) is 6.54 Å². The number of amides is 1. The Morgan fingerprint density at radius 1 is 1.29 bits per heavy atom. The van der Waals surface area contributed by atoms with Gasteiger partial charge in [0.2, 0.25) is 5.91 Å². The number of unbranched alkanes of at least 4 members (excludes halogenated alkanes) is 2. The standard InChI is InChI=1S/C11H21F3N2O/c1-3-4-5-6-9(2)15-7-10(17)16-8-11(12,13)14/h9,15H,3-8H2,1-2H3,(H,16,17). The van der Waals surface area contributed by atoms with Crippen molar-refractivity contribution in [2.75, 3.05) is 13.1 Å². The van der Waals surface area contributed by atoms with Crippen LogP contribution in [0.3, 0.4) is 0 Å². The van der Waals surface area contributed by atoms with Crippen molar-refractivity contribution >= 4 is 5.91 Å². The Morgan fingerprint density at radius 3 is 2.47 bits per heavy atom. The molecule has 0 saturated carbocycles. The third-order valence-electron chi connectivity index (χ3n) is 2.34. The predicted octanol–water partition coefficient (Wildman–Crippen LogP) is 2.22. The summed E-state index contributed by atoms with van der Waals surface area (Å²) in [5, 5.41) is 4.72. The highest BCUT2D eigenvalue weighted by Gasteiger charge is 2.27. The van der Waals surface area contributed by atoms with Crippen LogP contribution in [0.1, 0.15) is 39.5 Å². The third-order valence-corrected chi connectivity index (χ3v) is 2.34. The number of hydrogen-bond acceptors (Lipinski definition) is 2. The molecule has 1 unspecified atom stereocenters. The fourth-order valence-corrected chi connectivity index (χ4v) is 1.33. The first-order valence-electron chi connectivity index (χ1n) is 5.92. The van der Waals surface area contributed by atoms with Crippen molar-refractivity contribution < 1.29 is 18.0 Å². The molecule has 102 valence electrons. The van der Waals surface area contributed by atoms with E-state index in [1.807, 2.05) is 12.2 Å². The Morgan fingerprint density at radius 2 is 1.94 bits per heavy atom. The van der Waals surface area contributed by atoms with Crippen LogP contribution >= 0.6 is 0 Å². The second-order valence-electron chi connectivity index (χ2n) is 4.17. The van der Waals surface area contributed by atoms with Crippen molar-refractivity contribution in [1.82, 2.24) is 10.6 Å². The maximum Gasteiger partial charge on any atom is 0.405 e. The summed E-state index contributed by atoms with van der Waals surface area (Å²) in [6.45, 7) is 2.69. The number of nitrogens with one attached hydrogen (secondary N) is 2. The summed E-state index contributed by atoms with van der Waals surface area (Å²) in [6, 6.07) is 0.151. The van der Waals surface area contributed by atoms with E-state index in [0.717, 1.165) is 25.7 Å². The van der Waals surface area contributed by atoms with Gasteiger partial charge in [-0.25, -0.2) is 0 Å². The van der Waals surface area contributed by atoms with Crippen molar-refractivity contribution in [3.05, 3.63) is 0 Å². The van der Waals surface area contributed by atoms with Gasteiger partial charge in [0.05, 0.1) is 6.54 Å². The molecule has 2 N–H and O–H groups in total. The highest BCUT2D eigenvalue weighted by atomic mass is 19.4. The van der Waals surface area contributed by atoms with E-state index >= 15 is 0 Å². The zero-order chi connectivity index (χ0) is 13.3. The molecule has 0 aromatic rings. The molecule has 0 aromatic heterocycles. The summed E-state index contributed by atoms with van der Waals surface area (Å²) in [6.07, 6.45) is -0.0945. The van der Waals surface area contributed by atoms with Gasteiger partial charge in [0, 0.05) is 6.04 Å². The Kier molecular flexibility index (Phi) is 7.95. The number of carbonyl (C=O) groups is 1. The molecule has 0 bridgehead atoms. The Hall–Kier alpha value is -0.780. The second kappa shape index (κ2) is 8.33. The molecule has 1 atom stereocenters. The number of alkyl halides is 3. The van der Waals surface area contributed by atoms with Crippen LogP contribution < -0.4 is 10.6 Å². The average Bonchev–Trinajstić information content (AvgIpc) is 2.23. The molecule has 0 aliphatic heterocycles. The summed E-state index contributed by atoms with van der Waals surface area (Å²) >= 11 is 0. The molecule has 0 fully saturated rings. The molecule has 0 aromatic carbocycles. The molecule has 6 heteroatoms. The van der Waals surface area contributed by atoms with Gasteiger partial charge >= 0.3 is 6.18 Å². The van der Waals surface area contributed by atoms with E-state index in [4.69, 9.17) is 0 Å². The zero-order valence-electron chi connectivity index (χ0n) is 10.4. The highest BCUT2D eigenvalue weighted by Crippen LogP contribution is 2.11. The molecular formula is C11H21F3N2O. The minimum absolute atomic E-state index is 0.0661. The van der Waals surface area contributed by atoms with Gasteiger partial charge in [-0.15, -0.1) is 0 Å². The predicted molar refractivity (Wildman–Crippen MR) is 60.7 cm³/mol. The molecule has 3 nitrogen and oxygen atoms in total. The smallest absolute Gasteiger partial charge is 0.346 e. The summed E-state index contributed by atoms with van der Waals surface area (Å²) in [7, 11) is 0. The quantitative estimate of drug-likeness (QED) is 0.652. The van der Waals surface area contributed by atoms with Crippen molar-refractivity contribution in [1.29, 1.82) is 0 Å². The molecule has 1 amide bonds. The average molecular weight is 254 g/mol. The Bertz CT molecular complexity index is 219. The Balaban J connectivity index is 3.55. The summed E-state index contributed by atoms with van der Waals surface area (Å²) in [4.78, 5) is 11.1. The maximum absolute atomic E-state index is 11.8. The summed E-state index contributed by atoms with van der Waals surface area (Å²) in [5.74, 6) is -0.621. The first kappa shape index (κ1) is 16.2. The molecule has 0 aliphatic carbocycles.